The minimum atomic E-state index is -0.183. The molecule has 0 fully saturated rings. The first-order chi connectivity index (χ1) is 6.31. The van der Waals surface area contributed by atoms with Crippen LogP contribution in [0, 0.1) is 0 Å². The van der Waals surface area contributed by atoms with Gasteiger partial charge in [0, 0.05) is 12.5 Å². The molecule has 0 unspecified atom stereocenters. The minimum absolute atomic E-state index is 0.183. The van der Waals surface area contributed by atoms with Crippen LogP contribution in [-0.4, -0.2) is 0 Å². The molecule has 1 aromatic rings. The molecule has 2 heteroatoms. The fourth-order valence-electron chi connectivity index (χ4n) is 2.03. The van der Waals surface area contributed by atoms with Gasteiger partial charge in [0.1, 0.15) is 5.76 Å². The summed E-state index contributed by atoms with van der Waals surface area (Å²) < 4.78 is 5.19. The van der Waals surface area contributed by atoms with Gasteiger partial charge < -0.3 is 4.42 Å². The minimum Gasteiger partial charge on any atom is -0.428 e. The van der Waals surface area contributed by atoms with Gasteiger partial charge in [-0.05, 0) is 36.8 Å². The SMILES string of the molecule is CCc1cc(=O)oc2c1CCCC2. The summed E-state index contributed by atoms with van der Waals surface area (Å²) in [5.41, 5.74) is 2.30. The van der Waals surface area contributed by atoms with Crippen LogP contribution < -0.4 is 5.63 Å². The number of hydrogen-bond acceptors (Lipinski definition) is 2. The van der Waals surface area contributed by atoms with Gasteiger partial charge in [0.05, 0.1) is 0 Å². The third kappa shape index (κ3) is 1.53. The molecule has 0 spiro atoms. The lowest BCUT2D eigenvalue weighted by Gasteiger charge is -2.16. The molecular weight excluding hydrogens is 164 g/mol. The van der Waals surface area contributed by atoms with Gasteiger partial charge in [-0.15, -0.1) is 0 Å². The molecule has 0 N–H and O–H groups in total. The Kier molecular flexibility index (Phi) is 2.21. The molecule has 0 radical (unpaired) electrons. The first-order valence-electron chi connectivity index (χ1n) is 4.96. The molecule has 2 nitrogen and oxygen atoms in total. The van der Waals surface area contributed by atoms with Crippen molar-refractivity contribution in [1.82, 2.24) is 0 Å². The van der Waals surface area contributed by atoms with E-state index < -0.39 is 0 Å². The van der Waals surface area contributed by atoms with E-state index in [4.69, 9.17) is 4.42 Å². The van der Waals surface area contributed by atoms with Crippen LogP contribution in [0.2, 0.25) is 0 Å². The second-order valence-electron chi connectivity index (χ2n) is 3.55. The van der Waals surface area contributed by atoms with Crippen molar-refractivity contribution in [1.29, 1.82) is 0 Å². The number of aryl methyl sites for hydroxylation is 2. The zero-order chi connectivity index (χ0) is 9.26. The summed E-state index contributed by atoms with van der Waals surface area (Å²) in [4.78, 5) is 11.2. The van der Waals surface area contributed by atoms with Gasteiger partial charge in [-0.2, -0.15) is 0 Å². The zero-order valence-corrected chi connectivity index (χ0v) is 7.93. The van der Waals surface area contributed by atoms with Crippen LogP contribution in [0.15, 0.2) is 15.3 Å². The predicted octanol–water partition coefficient (Wildman–Crippen LogP) is 2.08. The fraction of sp³-hybridized carbons (Fsp3) is 0.545. The molecule has 0 bridgehead atoms. The molecule has 0 amide bonds. The lowest BCUT2D eigenvalue weighted by molar-refractivity contribution is 0.425. The number of hydrogen-bond donors (Lipinski definition) is 0. The van der Waals surface area contributed by atoms with Crippen molar-refractivity contribution < 1.29 is 4.42 Å². The summed E-state index contributed by atoms with van der Waals surface area (Å²) in [5, 5.41) is 0. The summed E-state index contributed by atoms with van der Waals surface area (Å²) >= 11 is 0. The van der Waals surface area contributed by atoms with Gasteiger partial charge in [0.15, 0.2) is 0 Å². The first kappa shape index (κ1) is 8.54. The Hall–Kier alpha value is -1.05. The average Bonchev–Trinajstić information content (AvgIpc) is 2.16. The molecule has 1 heterocycles. The number of rotatable bonds is 1. The Balaban J connectivity index is 2.57. The summed E-state index contributed by atoms with van der Waals surface area (Å²) in [6.07, 6.45) is 5.35. The van der Waals surface area contributed by atoms with E-state index in [-0.39, 0.29) is 5.63 Å². The molecule has 0 saturated carbocycles. The van der Waals surface area contributed by atoms with Gasteiger partial charge in [0.2, 0.25) is 0 Å². The molecular formula is C11H14O2. The van der Waals surface area contributed by atoms with E-state index in [0.717, 1.165) is 31.4 Å². The molecule has 1 aliphatic carbocycles. The molecule has 0 saturated heterocycles. The lowest BCUT2D eigenvalue weighted by Crippen LogP contribution is -2.12. The number of fused-ring (bicyclic) bond motifs is 1. The van der Waals surface area contributed by atoms with Crippen molar-refractivity contribution >= 4 is 0 Å². The van der Waals surface area contributed by atoms with E-state index in [1.54, 1.807) is 6.07 Å². The van der Waals surface area contributed by atoms with Crippen LogP contribution in [0.3, 0.4) is 0 Å². The Morgan fingerprint density at radius 3 is 2.92 bits per heavy atom. The predicted molar refractivity (Wildman–Crippen MR) is 51.0 cm³/mol. The van der Waals surface area contributed by atoms with E-state index in [1.807, 2.05) is 0 Å². The van der Waals surface area contributed by atoms with Crippen LogP contribution in [0.4, 0.5) is 0 Å². The van der Waals surface area contributed by atoms with E-state index in [0.29, 0.717) is 0 Å². The summed E-state index contributed by atoms with van der Waals surface area (Å²) in [6, 6.07) is 1.64. The second kappa shape index (κ2) is 3.36. The highest BCUT2D eigenvalue weighted by Crippen LogP contribution is 2.22. The molecule has 2 rings (SSSR count). The van der Waals surface area contributed by atoms with Gasteiger partial charge in [-0.3, -0.25) is 0 Å². The maximum absolute atomic E-state index is 11.2. The zero-order valence-electron chi connectivity index (χ0n) is 7.93. The van der Waals surface area contributed by atoms with Crippen molar-refractivity contribution in [3.8, 4) is 0 Å². The highest BCUT2D eigenvalue weighted by Gasteiger charge is 2.15. The van der Waals surface area contributed by atoms with Gasteiger partial charge in [-0.1, -0.05) is 6.92 Å². The maximum atomic E-state index is 11.2. The molecule has 0 aliphatic heterocycles. The smallest absolute Gasteiger partial charge is 0.336 e. The van der Waals surface area contributed by atoms with Crippen molar-refractivity contribution in [3.05, 3.63) is 33.4 Å². The normalized spacial score (nSPS) is 15.5. The fourth-order valence-corrected chi connectivity index (χ4v) is 2.03. The average molecular weight is 178 g/mol. The third-order valence-electron chi connectivity index (χ3n) is 2.70. The summed E-state index contributed by atoms with van der Waals surface area (Å²) in [5.74, 6) is 0.940. The first-order valence-corrected chi connectivity index (χ1v) is 4.96. The third-order valence-corrected chi connectivity index (χ3v) is 2.70. The van der Waals surface area contributed by atoms with Crippen LogP contribution in [0.25, 0.3) is 0 Å². The quantitative estimate of drug-likeness (QED) is 0.659. The Labute approximate surface area is 77.6 Å². The van der Waals surface area contributed by atoms with E-state index >= 15 is 0 Å². The summed E-state index contributed by atoms with van der Waals surface area (Å²) in [6.45, 7) is 2.09. The Morgan fingerprint density at radius 1 is 1.38 bits per heavy atom. The molecule has 0 aromatic carbocycles. The molecule has 1 aromatic heterocycles. The van der Waals surface area contributed by atoms with E-state index in [1.165, 1.54) is 17.5 Å². The monoisotopic (exact) mass is 178 g/mol. The molecule has 70 valence electrons. The van der Waals surface area contributed by atoms with Gasteiger partial charge in [-0.25, -0.2) is 4.79 Å². The van der Waals surface area contributed by atoms with Gasteiger partial charge >= 0.3 is 5.63 Å². The lowest BCUT2D eigenvalue weighted by atomic mass is 9.92. The van der Waals surface area contributed by atoms with Crippen molar-refractivity contribution in [2.24, 2.45) is 0 Å². The maximum Gasteiger partial charge on any atom is 0.336 e. The van der Waals surface area contributed by atoms with E-state index in [9.17, 15) is 4.79 Å². The topological polar surface area (TPSA) is 30.2 Å². The second-order valence-corrected chi connectivity index (χ2v) is 3.55. The summed E-state index contributed by atoms with van der Waals surface area (Å²) in [7, 11) is 0. The Morgan fingerprint density at radius 2 is 2.15 bits per heavy atom. The molecule has 0 atom stereocenters. The van der Waals surface area contributed by atoms with E-state index in [2.05, 4.69) is 6.92 Å². The van der Waals surface area contributed by atoms with Crippen molar-refractivity contribution in [2.45, 2.75) is 39.0 Å². The molecule has 13 heavy (non-hydrogen) atoms. The Bertz CT molecular complexity index is 343. The van der Waals surface area contributed by atoms with Crippen LogP contribution in [0.1, 0.15) is 36.7 Å². The largest absolute Gasteiger partial charge is 0.428 e. The molecule has 1 aliphatic rings. The van der Waals surface area contributed by atoms with Crippen LogP contribution >= 0.6 is 0 Å². The van der Waals surface area contributed by atoms with Crippen molar-refractivity contribution in [3.63, 3.8) is 0 Å². The van der Waals surface area contributed by atoms with Gasteiger partial charge in [0.25, 0.3) is 0 Å². The standard InChI is InChI=1S/C11H14O2/c1-2-8-7-11(12)13-10-6-4-3-5-9(8)10/h7H,2-6H2,1H3. The van der Waals surface area contributed by atoms with Crippen LogP contribution in [-0.2, 0) is 19.3 Å². The highest BCUT2D eigenvalue weighted by molar-refractivity contribution is 5.29. The van der Waals surface area contributed by atoms with Crippen LogP contribution in [0.5, 0.6) is 0 Å². The highest BCUT2D eigenvalue weighted by atomic mass is 16.4. The van der Waals surface area contributed by atoms with Crippen molar-refractivity contribution in [2.75, 3.05) is 0 Å².